The second-order valence-corrected chi connectivity index (χ2v) is 12.9. The summed E-state index contributed by atoms with van der Waals surface area (Å²) in [6.45, 7) is 1.22. The second-order valence-electron chi connectivity index (χ2n) is 12.9. The second kappa shape index (κ2) is 16.7. The van der Waals surface area contributed by atoms with Crippen molar-refractivity contribution in [2.45, 2.75) is 6.92 Å². The quantitative estimate of drug-likeness (QED) is 0.165. The normalized spacial score (nSPS) is 12.8. The van der Waals surface area contributed by atoms with Gasteiger partial charge in [-0.05, 0) is 0 Å². The van der Waals surface area contributed by atoms with Crippen molar-refractivity contribution in [1.29, 1.82) is 15.8 Å². The molecular weight excluding hydrogens is 813 g/mol. The van der Waals surface area contributed by atoms with Gasteiger partial charge in [0.25, 0.3) is 17.7 Å². The van der Waals surface area contributed by atoms with Gasteiger partial charge in [-0.1, -0.05) is 83.1 Å². The fraction of sp³-hybridized carbons (Fsp3) is 0.0476. The van der Waals surface area contributed by atoms with Crippen LogP contribution in [0, 0.1) is 34.0 Å². The van der Waals surface area contributed by atoms with E-state index in [1.54, 1.807) is 60.7 Å². The van der Waals surface area contributed by atoms with E-state index in [0.717, 1.165) is 11.1 Å². The maximum atomic E-state index is 12.1. The van der Waals surface area contributed by atoms with Gasteiger partial charge in [0, 0.05) is 40.3 Å². The van der Waals surface area contributed by atoms with Crippen LogP contribution in [-0.4, -0.2) is 77.9 Å². The van der Waals surface area contributed by atoms with Crippen LogP contribution >= 0.6 is 0 Å². The summed E-state index contributed by atoms with van der Waals surface area (Å²) in [5.74, 6) is -3.38. The average molecular weight is 837 g/mol. The molecule has 3 aromatic carbocycles. The number of fused-ring (bicyclic) bond motifs is 9. The molecule has 3 aliphatic rings. The van der Waals surface area contributed by atoms with Crippen LogP contribution in [0.3, 0.4) is 0 Å². The number of aromatic nitrogens is 6. The predicted molar refractivity (Wildman–Crippen MR) is 216 cm³/mol. The molecule has 0 radical (unpaired) electrons. The highest BCUT2D eigenvalue weighted by atomic mass is 16.7. The fourth-order valence-corrected chi connectivity index (χ4v) is 6.56. The number of carbonyl (C=O) groups is 5. The number of hydrogen-bond donors (Lipinski definition) is 3. The van der Waals surface area contributed by atoms with Gasteiger partial charge in [-0.2, -0.15) is 15.8 Å². The summed E-state index contributed by atoms with van der Waals surface area (Å²) >= 11 is 0. The van der Waals surface area contributed by atoms with E-state index in [1.807, 2.05) is 30.3 Å². The largest absolute Gasteiger partial charge is 0.399 e. The van der Waals surface area contributed by atoms with E-state index in [-0.39, 0.29) is 57.0 Å². The Bertz CT molecular complexity index is 3230. The van der Waals surface area contributed by atoms with E-state index in [4.69, 9.17) is 42.7 Å². The SMILES string of the molecule is CC(=O)ON=C1c2ccccc2-c2nc(C(N)=O)c(C#N)nc21.CON=C1c2ccccc2-c2nc(C(N)=O)c(C#N)nc21.N#Cc1nc2c(nc1C(N)=O)-c1ccccc1C2=O. The highest BCUT2D eigenvalue weighted by molar-refractivity contribution is 6.24. The van der Waals surface area contributed by atoms with E-state index in [1.165, 1.54) is 14.0 Å². The summed E-state index contributed by atoms with van der Waals surface area (Å²) in [7, 11) is 1.42. The molecule has 3 aliphatic carbocycles. The molecule has 6 aromatic rings. The summed E-state index contributed by atoms with van der Waals surface area (Å²) < 4.78 is 0. The fourth-order valence-electron chi connectivity index (χ4n) is 6.56. The summed E-state index contributed by atoms with van der Waals surface area (Å²) in [5, 5.41) is 34.9. The Balaban J connectivity index is 0.000000142. The molecule has 6 N–H and O–H groups in total. The van der Waals surface area contributed by atoms with Crippen LogP contribution in [0.1, 0.15) is 94.0 Å². The van der Waals surface area contributed by atoms with Gasteiger partial charge in [0.2, 0.25) is 5.78 Å². The lowest BCUT2D eigenvalue weighted by molar-refractivity contribution is -0.140. The molecule has 0 saturated heterocycles. The Morgan fingerprint density at radius 2 is 0.841 bits per heavy atom. The van der Waals surface area contributed by atoms with Crippen LogP contribution in [0.5, 0.6) is 0 Å². The lowest BCUT2D eigenvalue weighted by Gasteiger charge is -2.03. The van der Waals surface area contributed by atoms with Gasteiger partial charge in [0.05, 0.1) is 0 Å². The first kappa shape index (κ1) is 41.2. The molecule has 0 spiro atoms. The van der Waals surface area contributed by atoms with Gasteiger partial charge >= 0.3 is 5.97 Å². The lowest BCUT2D eigenvalue weighted by Crippen LogP contribution is -2.18. The van der Waals surface area contributed by atoms with Crippen molar-refractivity contribution in [1.82, 2.24) is 29.9 Å². The highest BCUT2D eigenvalue weighted by Crippen LogP contribution is 2.37. The maximum Gasteiger partial charge on any atom is 0.332 e. The minimum atomic E-state index is -0.847. The molecule has 0 aliphatic heterocycles. The molecule has 3 heterocycles. The predicted octanol–water partition coefficient (Wildman–Crippen LogP) is 2.23. The van der Waals surface area contributed by atoms with Crippen LogP contribution in [0.2, 0.25) is 0 Å². The van der Waals surface area contributed by atoms with E-state index < -0.39 is 23.7 Å². The Morgan fingerprint density at radius 1 is 0.508 bits per heavy atom. The monoisotopic (exact) mass is 836 g/mol. The number of amides is 3. The summed E-state index contributed by atoms with van der Waals surface area (Å²) in [4.78, 5) is 91.4. The standard InChI is InChI=1S/C15H9N5O3.C14H9N5O2.C13H6N4O2/c1-7(21)23-20-12-9-5-3-2-4-8(9)11-14(12)18-10(6-16)13(19-11)15(17)22;1-21-19-11-8-5-3-2-4-7(8)10-13(11)17-9(6-15)12(18-10)14(16)20;14-5-8-10(13(15)19)17-9-6-3-1-2-4-7(6)12(18)11(9)16-8/h2-5H,1H3,(H2,17,22);2-5H,1H3,(H2,16,20);1-4H,(H2,15,19). The molecule has 9 rings (SSSR count). The first-order valence-electron chi connectivity index (χ1n) is 17.9. The van der Waals surface area contributed by atoms with Gasteiger partial charge in [-0.15, -0.1) is 0 Å². The molecule has 0 unspecified atom stereocenters. The first-order chi connectivity index (χ1) is 30.3. The lowest BCUT2D eigenvalue weighted by atomic mass is 10.1. The smallest absolute Gasteiger partial charge is 0.332 e. The van der Waals surface area contributed by atoms with Gasteiger partial charge in [-0.25, -0.2) is 34.7 Å². The molecule has 63 heavy (non-hydrogen) atoms. The molecule has 3 aromatic heterocycles. The molecule has 0 saturated carbocycles. The van der Waals surface area contributed by atoms with Crippen molar-refractivity contribution < 1.29 is 33.6 Å². The van der Waals surface area contributed by atoms with Crippen molar-refractivity contribution in [3.8, 4) is 52.0 Å². The van der Waals surface area contributed by atoms with Crippen LogP contribution in [0.15, 0.2) is 83.1 Å². The third kappa shape index (κ3) is 7.37. The number of hydrogen-bond acceptors (Lipinski definition) is 18. The third-order valence-electron chi connectivity index (χ3n) is 9.12. The van der Waals surface area contributed by atoms with Crippen molar-refractivity contribution in [2.24, 2.45) is 27.5 Å². The summed E-state index contributed by atoms with van der Waals surface area (Å²) in [6, 6.07) is 26.6. The molecule has 0 atom stereocenters. The van der Waals surface area contributed by atoms with Crippen LogP contribution in [0.25, 0.3) is 33.8 Å². The van der Waals surface area contributed by atoms with E-state index in [2.05, 4.69) is 40.2 Å². The van der Waals surface area contributed by atoms with Crippen LogP contribution in [-0.2, 0) is 14.5 Å². The number of rotatable bonds is 5. The number of carbonyl (C=O) groups excluding carboxylic acids is 5. The topological polar surface area (TPSA) is 355 Å². The molecule has 3 amide bonds. The minimum absolute atomic E-state index is 0.0859. The summed E-state index contributed by atoms with van der Waals surface area (Å²) in [5.41, 5.74) is 21.0. The van der Waals surface area contributed by atoms with Gasteiger partial charge in [-0.3, -0.25) is 19.2 Å². The van der Waals surface area contributed by atoms with E-state index in [0.29, 0.717) is 50.7 Å². The number of nitrogens with two attached hydrogens (primary N) is 3. The Hall–Kier alpha value is -9.94. The van der Waals surface area contributed by atoms with Crippen LogP contribution < -0.4 is 17.2 Å². The van der Waals surface area contributed by atoms with E-state index in [9.17, 15) is 24.0 Å². The van der Waals surface area contributed by atoms with Gasteiger partial charge in [0.1, 0.15) is 70.9 Å². The minimum Gasteiger partial charge on any atom is -0.399 e. The molecule has 21 heteroatoms. The number of nitriles is 3. The summed E-state index contributed by atoms with van der Waals surface area (Å²) in [6.07, 6.45) is 0. The Morgan fingerprint density at radius 3 is 1.21 bits per heavy atom. The Kier molecular flexibility index (Phi) is 11.0. The maximum absolute atomic E-state index is 12.1. The average Bonchev–Trinajstić information content (AvgIpc) is 3.88. The van der Waals surface area contributed by atoms with E-state index >= 15 is 0 Å². The zero-order chi connectivity index (χ0) is 45.1. The Labute approximate surface area is 353 Å². The van der Waals surface area contributed by atoms with Crippen molar-refractivity contribution in [2.75, 3.05) is 7.11 Å². The van der Waals surface area contributed by atoms with Crippen molar-refractivity contribution >= 4 is 40.9 Å². The zero-order valence-corrected chi connectivity index (χ0v) is 32.4. The number of oxime groups is 2. The number of benzene rings is 3. The molecule has 0 fully saturated rings. The number of nitrogens with zero attached hydrogens (tertiary/aromatic N) is 11. The molecule has 21 nitrogen and oxygen atoms in total. The van der Waals surface area contributed by atoms with Gasteiger partial charge < -0.3 is 26.9 Å². The molecular formula is C42H24N14O7. The number of ketones is 1. The zero-order valence-electron chi connectivity index (χ0n) is 32.4. The van der Waals surface area contributed by atoms with Crippen molar-refractivity contribution in [3.05, 3.63) is 141 Å². The number of primary amides is 3. The highest BCUT2D eigenvalue weighted by Gasteiger charge is 2.34. The molecule has 0 bridgehead atoms. The van der Waals surface area contributed by atoms with Gasteiger partial charge in [0.15, 0.2) is 34.2 Å². The van der Waals surface area contributed by atoms with Crippen molar-refractivity contribution in [3.63, 3.8) is 0 Å². The van der Waals surface area contributed by atoms with Crippen LogP contribution in [0.4, 0.5) is 0 Å². The molecule has 304 valence electrons. The first-order valence-corrected chi connectivity index (χ1v) is 17.9. The third-order valence-corrected chi connectivity index (χ3v) is 9.12.